The topological polar surface area (TPSA) is 120 Å². The Kier molecular flexibility index (Phi) is 5.08. The van der Waals surface area contributed by atoms with E-state index in [0.717, 1.165) is 4.90 Å². The van der Waals surface area contributed by atoms with Gasteiger partial charge in [-0.25, -0.2) is 0 Å². The van der Waals surface area contributed by atoms with Crippen molar-refractivity contribution in [2.24, 2.45) is 0 Å². The lowest BCUT2D eigenvalue weighted by Crippen LogP contribution is -2.34. The van der Waals surface area contributed by atoms with Crippen molar-refractivity contribution < 1.29 is 28.5 Å². The average molecular weight is 388 g/mol. The standard InChI is InChI=1S/C17H12N2O7S/c1-25-15(20)9-18-16(21)14(27-17(18)22)8-12-6-7-13(26-12)10-2-4-11(5-3-10)19(23)24/h2-8H,9H2,1H3. The SMILES string of the molecule is COC(=O)CN1C(=O)SC(=Cc2ccc(-c3ccc([N+](=O)[O-])cc3)o2)C1=O. The summed E-state index contributed by atoms with van der Waals surface area (Å²) in [5.41, 5.74) is 0.587. The van der Waals surface area contributed by atoms with Crippen LogP contribution in [0.2, 0.25) is 0 Å². The molecule has 0 spiro atoms. The fourth-order valence-corrected chi connectivity index (χ4v) is 3.11. The highest BCUT2D eigenvalue weighted by molar-refractivity contribution is 8.18. The number of ether oxygens (including phenoxy) is 1. The number of nitro benzene ring substituents is 1. The molecular weight excluding hydrogens is 376 g/mol. The number of nitrogens with zero attached hydrogens (tertiary/aromatic N) is 2. The first-order chi connectivity index (χ1) is 12.9. The summed E-state index contributed by atoms with van der Waals surface area (Å²) in [5, 5.41) is 10.1. The summed E-state index contributed by atoms with van der Waals surface area (Å²) in [6.45, 7) is -0.454. The average Bonchev–Trinajstić information content (AvgIpc) is 3.22. The number of non-ortho nitro benzene ring substituents is 1. The van der Waals surface area contributed by atoms with Crippen molar-refractivity contribution in [2.45, 2.75) is 0 Å². The van der Waals surface area contributed by atoms with Crippen molar-refractivity contribution in [3.8, 4) is 11.3 Å². The Labute approximate surface area is 156 Å². The zero-order chi connectivity index (χ0) is 19.6. The zero-order valence-corrected chi connectivity index (χ0v) is 14.7. The van der Waals surface area contributed by atoms with Gasteiger partial charge in [-0.1, -0.05) is 0 Å². The maximum Gasteiger partial charge on any atom is 0.325 e. The maximum absolute atomic E-state index is 12.3. The van der Waals surface area contributed by atoms with Crippen LogP contribution in [0.4, 0.5) is 10.5 Å². The number of nitro groups is 1. The number of thioether (sulfide) groups is 1. The van der Waals surface area contributed by atoms with Gasteiger partial charge in [0.25, 0.3) is 16.8 Å². The van der Waals surface area contributed by atoms with E-state index >= 15 is 0 Å². The van der Waals surface area contributed by atoms with E-state index in [2.05, 4.69) is 4.74 Å². The van der Waals surface area contributed by atoms with Crippen LogP contribution in [0, 0.1) is 10.1 Å². The van der Waals surface area contributed by atoms with Crippen molar-refractivity contribution in [3.63, 3.8) is 0 Å². The predicted molar refractivity (Wildman–Crippen MR) is 95.5 cm³/mol. The van der Waals surface area contributed by atoms with E-state index in [-0.39, 0.29) is 10.6 Å². The van der Waals surface area contributed by atoms with Gasteiger partial charge in [0.2, 0.25) is 0 Å². The van der Waals surface area contributed by atoms with Crippen LogP contribution in [0.15, 0.2) is 45.7 Å². The van der Waals surface area contributed by atoms with E-state index in [4.69, 9.17) is 4.42 Å². The van der Waals surface area contributed by atoms with Gasteiger partial charge in [-0.15, -0.1) is 0 Å². The molecule has 2 amide bonds. The molecule has 0 radical (unpaired) electrons. The summed E-state index contributed by atoms with van der Waals surface area (Å²) < 4.78 is 10.1. The molecule has 0 N–H and O–H groups in total. The number of esters is 1. The van der Waals surface area contributed by atoms with Crippen LogP contribution in [0.1, 0.15) is 5.76 Å². The van der Waals surface area contributed by atoms with E-state index in [0.29, 0.717) is 28.8 Å². The minimum Gasteiger partial charge on any atom is -0.468 e. The first kappa shape index (κ1) is 18.4. The first-order valence-electron chi connectivity index (χ1n) is 7.56. The molecule has 3 rings (SSSR count). The third kappa shape index (κ3) is 3.90. The third-order valence-corrected chi connectivity index (χ3v) is 4.56. The Morgan fingerprint density at radius 2 is 1.96 bits per heavy atom. The monoisotopic (exact) mass is 388 g/mol. The number of benzene rings is 1. The summed E-state index contributed by atoms with van der Waals surface area (Å²) in [4.78, 5) is 46.5. The first-order valence-corrected chi connectivity index (χ1v) is 8.37. The molecule has 1 saturated heterocycles. The quantitative estimate of drug-likeness (QED) is 0.332. The Bertz CT molecular complexity index is 962. The number of carbonyl (C=O) groups excluding carboxylic acids is 3. The molecule has 1 aliphatic rings. The van der Waals surface area contributed by atoms with Crippen LogP contribution < -0.4 is 0 Å². The Morgan fingerprint density at radius 3 is 2.59 bits per heavy atom. The van der Waals surface area contributed by atoms with Gasteiger partial charge in [0.1, 0.15) is 18.1 Å². The van der Waals surface area contributed by atoms with Crippen molar-refractivity contribution in [1.29, 1.82) is 0 Å². The van der Waals surface area contributed by atoms with Crippen LogP contribution in [0.3, 0.4) is 0 Å². The van der Waals surface area contributed by atoms with E-state index < -0.39 is 28.6 Å². The molecule has 0 atom stereocenters. The molecule has 27 heavy (non-hydrogen) atoms. The number of rotatable bonds is 5. The summed E-state index contributed by atoms with van der Waals surface area (Å²) in [5.74, 6) is -0.530. The maximum atomic E-state index is 12.3. The number of hydrogen-bond donors (Lipinski definition) is 0. The number of imide groups is 1. The zero-order valence-electron chi connectivity index (χ0n) is 13.9. The summed E-state index contributed by atoms with van der Waals surface area (Å²) in [6, 6.07) is 9.05. The largest absolute Gasteiger partial charge is 0.468 e. The van der Waals surface area contributed by atoms with Crippen LogP contribution in [0.25, 0.3) is 17.4 Å². The van der Waals surface area contributed by atoms with Crippen LogP contribution in [-0.4, -0.2) is 40.6 Å². The highest BCUT2D eigenvalue weighted by Crippen LogP contribution is 2.33. The number of furan rings is 1. The lowest BCUT2D eigenvalue weighted by Gasteiger charge is -2.09. The molecule has 0 aliphatic carbocycles. The summed E-state index contributed by atoms with van der Waals surface area (Å²) >= 11 is 0.695. The number of hydrogen-bond acceptors (Lipinski definition) is 8. The Hall–Kier alpha value is -3.40. The van der Waals surface area contributed by atoms with Crippen LogP contribution >= 0.6 is 11.8 Å². The van der Waals surface area contributed by atoms with Gasteiger partial charge in [-0.3, -0.25) is 29.4 Å². The molecular formula is C17H12N2O7S. The molecule has 0 bridgehead atoms. The van der Waals surface area contributed by atoms with Gasteiger partial charge in [0, 0.05) is 23.8 Å². The molecule has 138 valence electrons. The van der Waals surface area contributed by atoms with Crippen LogP contribution in [0.5, 0.6) is 0 Å². The lowest BCUT2D eigenvalue weighted by molar-refractivity contribution is -0.384. The van der Waals surface area contributed by atoms with Gasteiger partial charge < -0.3 is 9.15 Å². The van der Waals surface area contributed by atoms with Gasteiger partial charge >= 0.3 is 5.97 Å². The molecule has 1 aromatic heterocycles. The highest BCUT2D eigenvalue weighted by atomic mass is 32.2. The highest BCUT2D eigenvalue weighted by Gasteiger charge is 2.36. The van der Waals surface area contributed by atoms with Crippen molar-refractivity contribution in [2.75, 3.05) is 13.7 Å². The Morgan fingerprint density at radius 1 is 1.26 bits per heavy atom. The van der Waals surface area contributed by atoms with E-state index in [1.165, 1.54) is 25.3 Å². The van der Waals surface area contributed by atoms with Gasteiger partial charge in [-0.05, 0) is 36.0 Å². The molecule has 0 saturated carbocycles. The van der Waals surface area contributed by atoms with Gasteiger partial charge in [0.15, 0.2) is 0 Å². The fourth-order valence-electron chi connectivity index (χ4n) is 2.29. The second kappa shape index (κ2) is 7.46. The molecule has 1 aliphatic heterocycles. The second-order valence-electron chi connectivity index (χ2n) is 5.35. The number of carbonyl (C=O) groups is 3. The van der Waals surface area contributed by atoms with Gasteiger partial charge in [-0.2, -0.15) is 0 Å². The molecule has 2 aromatic rings. The molecule has 10 heteroatoms. The molecule has 1 fully saturated rings. The van der Waals surface area contributed by atoms with Crippen molar-refractivity contribution >= 4 is 40.6 Å². The minimum absolute atomic E-state index is 0.0372. The lowest BCUT2D eigenvalue weighted by atomic mass is 10.1. The van der Waals surface area contributed by atoms with E-state index in [1.54, 1.807) is 24.3 Å². The molecule has 0 unspecified atom stereocenters. The van der Waals surface area contributed by atoms with Gasteiger partial charge in [0.05, 0.1) is 16.9 Å². The minimum atomic E-state index is -0.697. The molecule has 9 nitrogen and oxygen atoms in total. The number of methoxy groups -OCH3 is 1. The molecule has 1 aromatic carbocycles. The normalized spacial score (nSPS) is 15.4. The van der Waals surface area contributed by atoms with Crippen molar-refractivity contribution in [1.82, 2.24) is 4.90 Å². The van der Waals surface area contributed by atoms with Crippen molar-refractivity contribution in [3.05, 3.63) is 57.2 Å². The predicted octanol–water partition coefficient (Wildman–Crippen LogP) is 3.06. The summed E-state index contributed by atoms with van der Waals surface area (Å²) in [6.07, 6.45) is 1.40. The van der Waals surface area contributed by atoms with E-state index in [9.17, 15) is 24.5 Å². The number of amides is 2. The van der Waals surface area contributed by atoms with E-state index in [1.807, 2.05) is 0 Å². The Balaban J connectivity index is 1.78. The summed E-state index contributed by atoms with van der Waals surface area (Å²) in [7, 11) is 1.17. The van der Waals surface area contributed by atoms with Crippen LogP contribution in [-0.2, 0) is 14.3 Å². The third-order valence-electron chi connectivity index (χ3n) is 3.65. The molecule has 2 heterocycles. The second-order valence-corrected chi connectivity index (χ2v) is 6.34. The fraction of sp³-hybridized carbons (Fsp3) is 0.118. The smallest absolute Gasteiger partial charge is 0.325 e.